The number of likely N-dealkylation sites (N-methyl/N-ethyl adjacent to an activating group) is 1. The molecule has 0 aromatic heterocycles. The molecular weight excluding hydrogens is 215 g/mol. The highest BCUT2D eigenvalue weighted by atomic mass is 19.1. The van der Waals surface area contributed by atoms with Gasteiger partial charge in [-0.15, -0.1) is 0 Å². The molecule has 0 aliphatic carbocycles. The number of hydrogen-bond donors (Lipinski definition) is 1. The fourth-order valence-electron chi connectivity index (χ4n) is 1.77. The van der Waals surface area contributed by atoms with Crippen LogP contribution in [0.4, 0.5) is 4.39 Å². The molecule has 0 aliphatic heterocycles. The number of halogens is 1. The highest BCUT2D eigenvalue weighted by Gasteiger charge is 2.07. The van der Waals surface area contributed by atoms with Gasteiger partial charge in [0.05, 0.1) is 0 Å². The van der Waals surface area contributed by atoms with Crippen LogP contribution < -0.4 is 5.32 Å². The zero-order valence-electron chi connectivity index (χ0n) is 11.1. The number of benzene rings is 1. The second-order valence-electron chi connectivity index (χ2n) is 4.54. The summed E-state index contributed by atoms with van der Waals surface area (Å²) >= 11 is 0. The van der Waals surface area contributed by atoms with E-state index in [1.807, 2.05) is 32.2 Å². The molecule has 3 heteroatoms. The van der Waals surface area contributed by atoms with Crippen LogP contribution in [0.3, 0.4) is 0 Å². The lowest BCUT2D eigenvalue weighted by atomic mass is 10.1. The minimum Gasteiger partial charge on any atom is -0.315 e. The molecule has 1 rings (SSSR count). The summed E-state index contributed by atoms with van der Waals surface area (Å²) in [6, 6.07) is 5.58. The Hall–Kier alpha value is -0.930. The van der Waals surface area contributed by atoms with E-state index in [1.54, 1.807) is 0 Å². The van der Waals surface area contributed by atoms with E-state index < -0.39 is 0 Å². The normalized spacial score (nSPS) is 11.1. The maximum absolute atomic E-state index is 13.8. The minimum absolute atomic E-state index is 0.0686. The standard InChI is InChI=1S/C14H23FN2/c1-4-8-16-9-10-17(3)11-13-7-5-6-12(2)14(13)15/h5-7,16H,4,8-11H2,1-3H3. The summed E-state index contributed by atoms with van der Waals surface area (Å²) in [5.41, 5.74) is 1.50. The molecule has 0 saturated carbocycles. The maximum atomic E-state index is 13.8. The summed E-state index contributed by atoms with van der Waals surface area (Å²) in [4.78, 5) is 2.14. The van der Waals surface area contributed by atoms with Crippen LogP contribution in [0.15, 0.2) is 18.2 Å². The largest absolute Gasteiger partial charge is 0.315 e. The first-order valence-corrected chi connectivity index (χ1v) is 6.28. The summed E-state index contributed by atoms with van der Waals surface area (Å²) in [6.07, 6.45) is 1.15. The Morgan fingerprint density at radius 1 is 1.29 bits per heavy atom. The van der Waals surface area contributed by atoms with Crippen LogP contribution in [0, 0.1) is 12.7 Å². The first-order valence-electron chi connectivity index (χ1n) is 6.28. The monoisotopic (exact) mass is 238 g/mol. The van der Waals surface area contributed by atoms with Gasteiger partial charge < -0.3 is 10.2 Å². The molecule has 2 nitrogen and oxygen atoms in total. The Balaban J connectivity index is 2.39. The van der Waals surface area contributed by atoms with E-state index in [4.69, 9.17) is 0 Å². The maximum Gasteiger partial charge on any atom is 0.130 e. The molecule has 0 atom stereocenters. The summed E-state index contributed by atoms with van der Waals surface area (Å²) in [7, 11) is 2.02. The predicted molar refractivity (Wildman–Crippen MR) is 70.6 cm³/mol. The van der Waals surface area contributed by atoms with Crippen molar-refractivity contribution in [3.8, 4) is 0 Å². The van der Waals surface area contributed by atoms with Gasteiger partial charge >= 0.3 is 0 Å². The molecule has 1 aromatic rings. The van der Waals surface area contributed by atoms with E-state index in [-0.39, 0.29) is 5.82 Å². The molecule has 0 saturated heterocycles. The molecule has 0 fully saturated rings. The fourth-order valence-corrected chi connectivity index (χ4v) is 1.77. The van der Waals surface area contributed by atoms with Crippen LogP contribution in [0.5, 0.6) is 0 Å². The van der Waals surface area contributed by atoms with E-state index in [0.29, 0.717) is 6.54 Å². The predicted octanol–water partition coefficient (Wildman–Crippen LogP) is 2.57. The van der Waals surface area contributed by atoms with Crippen molar-refractivity contribution in [3.63, 3.8) is 0 Å². The number of nitrogens with zero attached hydrogens (tertiary/aromatic N) is 1. The van der Waals surface area contributed by atoms with Crippen molar-refractivity contribution in [1.29, 1.82) is 0 Å². The third-order valence-electron chi connectivity index (χ3n) is 2.81. The molecule has 1 aromatic carbocycles. The van der Waals surface area contributed by atoms with Crippen LogP contribution in [0.1, 0.15) is 24.5 Å². The van der Waals surface area contributed by atoms with Gasteiger partial charge in [0.15, 0.2) is 0 Å². The van der Waals surface area contributed by atoms with Crippen LogP contribution in [0.2, 0.25) is 0 Å². The third kappa shape index (κ3) is 4.84. The number of nitrogens with one attached hydrogen (secondary N) is 1. The molecule has 17 heavy (non-hydrogen) atoms. The molecular formula is C14H23FN2. The van der Waals surface area contributed by atoms with Gasteiger partial charge in [-0.2, -0.15) is 0 Å². The van der Waals surface area contributed by atoms with Gasteiger partial charge in [0.2, 0.25) is 0 Å². The quantitative estimate of drug-likeness (QED) is 0.734. The molecule has 0 heterocycles. The van der Waals surface area contributed by atoms with Crippen molar-refractivity contribution in [1.82, 2.24) is 10.2 Å². The Kier molecular flexibility index (Phi) is 6.16. The Morgan fingerprint density at radius 2 is 2.06 bits per heavy atom. The van der Waals surface area contributed by atoms with E-state index in [0.717, 1.165) is 37.2 Å². The molecule has 0 unspecified atom stereocenters. The summed E-state index contributed by atoms with van der Waals surface area (Å²) in [5.74, 6) is -0.0686. The summed E-state index contributed by atoms with van der Waals surface area (Å²) < 4.78 is 13.8. The van der Waals surface area contributed by atoms with E-state index in [2.05, 4.69) is 17.1 Å². The molecule has 0 aliphatic rings. The Labute approximate surface area is 104 Å². The number of aryl methyl sites for hydroxylation is 1. The van der Waals surface area contributed by atoms with E-state index in [9.17, 15) is 4.39 Å². The van der Waals surface area contributed by atoms with Crippen LogP contribution in [-0.4, -0.2) is 31.6 Å². The minimum atomic E-state index is -0.0686. The average Bonchev–Trinajstić information content (AvgIpc) is 2.31. The molecule has 1 N–H and O–H groups in total. The molecule has 0 radical (unpaired) electrons. The second-order valence-corrected chi connectivity index (χ2v) is 4.54. The van der Waals surface area contributed by atoms with Gasteiger partial charge in [0.1, 0.15) is 5.82 Å². The lowest BCUT2D eigenvalue weighted by molar-refractivity contribution is 0.319. The third-order valence-corrected chi connectivity index (χ3v) is 2.81. The van der Waals surface area contributed by atoms with Crippen molar-refractivity contribution >= 4 is 0 Å². The van der Waals surface area contributed by atoms with Gasteiger partial charge in [0.25, 0.3) is 0 Å². The van der Waals surface area contributed by atoms with Crippen molar-refractivity contribution < 1.29 is 4.39 Å². The van der Waals surface area contributed by atoms with Gasteiger partial charge in [-0.25, -0.2) is 4.39 Å². The first kappa shape index (κ1) is 14.1. The molecule has 0 bridgehead atoms. The highest BCUT2D eigenvalue weighted by molar-refractivity contribution is 5.24. The van der Waals surface area contributed by atoms with Crippen molar-refractivity contribution in [3.05, 3.63) is 35.1 Å². The number of rotatable bonds is 7. The lowest BCUT2D eigenvalue weighted by Crippen LogP contribution is -2.29. The van der Waals surface area contributed by atoms with Gasteiger partial charge in [-0.05, 0) is 32.5 Å². The first-order chi connectivity index (χ1) is 8.15. The Bertz CT molecular complexity index is 339. The zero-order valence-corrected chi connectivity index (χ0v) is 11.1. The van der Waals surface area contributed by atoms with Gasteiger partial charge in [-0.3, -0.25) is 0 Å². The molecule has 0 amide bonds. The van der Waals surface area contributed by atoms with E-state index in [1.165, 1.54) is 0 Å². The lowest BCUT2D eigenvalue weighted by Gasteiger charge is -2.17. The molecule has 0 spiro atoms. The number of hydrogen-bond acceptors (Lipinski definition) is 2. The van der Waals surface area contributed by atoms with Crippen molar-refractivity contribution in [2.45, 2.75) is 26.8 Å². The smallest absolute Gasteiger partial charge is 0.130 e. The second kappa shape index (κ2) is 7.41. The molecule has 96 valence electrons. The van der Waals surface area contributed by atoms with Gasteiger partial charge in [-0.1, -0.05) is 25.1 Å². The van der Waals surface area contributed by atoms with E-state index >= 15 is 0 Å². The van der Waals surface area contributed by atoms with Crippen LogP contribution in [0.25, 0.3) is 0 Å². The summed E-state index contributed by atoms with van der Waals surface area (Å²) in [5, 5.41) is 3.34. The van der Waals surface area contributed by atoms with Gasteiger partial charge in [0, 0.05) is 25.2 Å². The van der Waals surface area contributed by atoms with Crippen molar-refractivity contribution in [2.24, 2.45) is 0 Å². The SMILES string of the molecule is CCCNCCN(C)Cc1cccc(C)c1F. The summed E-state index contributed by atoms with van der Waals surface area (Å²) in [6.45, 7) is 7.57. The fraction of sp³-hybridized carbons (Fsp3) is 0.571. The van der Waals surface area contributed by atoms with Crippen LogP contribution >= 0.6 is 0 Å². The highest BCUT2D eigenvalue weighted by Crippen LogP contribution is 2.13. The van der Waals surface area contributed by atoms with Crippen molar-refractivity contribution in [2.75, 3.05) is 26.7 Å². The Morgan fingerprint density at radius 3 is 2.76 bits per heavy atom. The topological polar surface area (TPSA) is 15.3 Å². The van der Waals surface area contributed by atoms with Crippen LogP contribution in [-0.2, 0) is 6.54 Å². The average molecular weight is 238 g/mol. The zero-order chi connectivity index (χ0) is 12.7.